The van der Waals surface area contributed by atoms with E-state index in [2.05, 4.69) is 41.6 Å². The van der Waals surface area contributed by atoms with Gasteiger partial charge in [0, 0.05) is 22.7 Å². The van der Waals surface area contributed by atoms with E-state index in [0.29, 0.717) is 0 Å². The molecule has 2 nitrogen and oxygen atoms in total. The molecule has 0 bridgehead atoms. The molecule has 4 heteroatoms. The van der Waals surface area contributed by atoms with Crippen molar-refractivity contribution in [3.05, 3.63) is 45.9 Å². The quantitative estimate of drug-likeness (QED) is 0.845. The number of rotatable bonds is 5. The van der Waals surface area contributed by atoms with Crippen LogP contribution in [0.5, 0.6) is 0 Å². The van der Waals surface area contributed by atoms with E-state index in [4.69, 9.17) is 5.73 Å². The van der Waals surface area contributed by atoms with Gasteiger partial charge < -0.3 is 5.73 Å². The van der Waals surface area contributed by atoms with Gasteiger partial charge in [-0.25, -0.2) is 4.98 Å². The fourth-order valence-electron chi connectivity index (χ4n) is 1.82. The first-order valence-electron chi connectivity index (χ1n) is 6.08. The second-order valence-electron chi connectivity index (χ2n) is 4.17. The molecule has 1 aromatic heterocycles. The molecule has 2 rings (SSSR count). The first kappa shape index (κ1) is 13.6. The number of aryl methyl sites for hydroxylation is 1. The zero-order chi connectivity index (χ0) is 13.0. The average Bonchev–Trinajstić information content (AvgIpc) is 2.76. The van der Waals surface area contributed by atoms with Gasteiger partial charge in [0.2, 0.25) is 0 Å². The number of nitrogens with two attached hydrogens (primary N) is 1. The van der Waals surface area contributed by atoms with Gasteiger partial charge in [0.25, 0.3) is 0 Å². The van der Waals surface area contributed by atoms with E-state index in [9.17, 15) is 0 Å². The Morgan fingerprint density at radius 1 is 1.33 bits per heavy atom. The lowest BCUT2D eigenvalue weighted by atomic mass is 10.0. The normalized spacial score (nSPS) is 12.6. The van der Waals surface area contributed by atoms with Gasteiger partial charge >= 0.3 is 0 Å². The van der Waals surface area contributed by atoms with Crippen LogP contribution in [0.15, 0.2) is 34.5 Å². The van der Waals surface area contributed by atoms with Crippen molar-refractivity contribution >= 4 is 23.1 Å². The third kappa shape index (κ3) is 3.57. The Morgan fingerprint density at radius 2 is 2.06 bits per heavy atom. The highest BCUT2D eigenvalue weighted by Gasteiger charge is 2.09. The molecule has 0 aliphatic rings. The van der Waals surface area contributed by atoms with Crippen LogP contribution in [-0.4, -0.2) is 10.7 Å². The maximum atomic E-state index is 6.22. The molecule has 2 N–H and O–H groups in total. The van der Waals surface area contributed by atoms with Crippen molar-refractivity contribution in [2.24, 2.45) is 5.73 Å². The second-order valence-corrected chi connectivity index (χ2v) is 6.57. The summed E-state index contributed by atoms with van der Waals surface area (Å²) in [5, 5.41) is 3.20. The van der Waals surface area contributed by atoms with E-state index >= 15 is 0 Å². The number of nitrogens with zero attached hydrogens (tertiary/aromatic N) is 1. The number of hydrogen-bond donors (Lipinski definition) is 1. The van der Waals surface area contributed by atoms with Crippen molar-refractivity contribution in [2.45, 2.75) is 31.2 Å². The molecule has 0 aliphatic carbocycles. The molecular formula is C14H18N2S2. The van der Waals surface area contributed by atoms with Gasteiger partial charge in [-0.3, -0.25) is 0 Å². The molecule has 96 valence electrons. The maximum Gasteiger partial charge on any atom is 0.0897 e. The summed E-state index contributed by atoms with van der Waals surface area (Å²) in [6, 6.07) is 8.59. The predicted molar refractivity (Wildman–Crippen MR) is 80.3 cm³/mol. The van der Waals surface area contributed by atoms with Crippen molar-refractivity contribution in [3.63, 3.8) is 0 Å². The van der Waals surface area contributed by atoms with Crippen LogP contribution < -0.4 is 5.73 Å². The molecule has 0 spiro atoms. The van der Waals surface area contributed by atoms with Crippen LogP contribution in [0, 0.1) is 6.92 Å². The summed E-state index contributed by atoms with van der Waals surface area (Å²) < 4.78 is 0. The highest BCUT2D eigenvalue weighted by atomic mass is 32.2. The molecule has 1 unspecified atom stereocenters. The van der Waals surface area contributed by atoms with E-state index < -0.39 is 0 Å². The monoisotopic (exact) mass is 278 g/mol. The smallest absolute Gasteiger partial charge is 0.0897 e. The standard InChI is InChI=1S/C14H18N2S2/c1-3-17-13-6-4-11(5-7-13)14(15)8-12-9-18-10(2)16-12/h4-7,9,14H,3,8,15H2,1-2H3. The zero-order valence-electron chi connectivity index (χ0n) is 10.7. The molecule has 0 fully saturated rings. The van der Waals surface area contributed by atoms with Gasteiger partial charge in [0.05, 0.1) is 10.7 Å². The van der Waals surface area contributed by atoms with Gasteiger partial charge in [0.1, 0.15) is 0 Å². The summed E-state index contributed by atoms with van der Waals surface area (Å²) in [5.74, 6) is 1.10. The average molecular weight is 278 g/mol. The van der Waals surface area contributed by atoms with Crippen LogP contribution in [-0.2, 0) is 6.42 Å². The summed E-state index contributed by atoms with van der Waals surface area (Å²) in [5.41, 5.74) is 8.49. The molecule has 0 amide bonds. The summed E-state index contributed by atoms with van der Waals surface area (Å²) in [6.07, 6.45) is 0.810. The Labute approximate surface area is 117 Å². The number of aromatic nitrogens is 1. The molecule has 2 aromatic rings. The molecule has 0 radical (unpaired) electrons. The van der Waals surface area contributed by atoms with Gasteiger partial charge in [-0.05, 0) is 30.4 Å². The van der Waals surface area contributed by atoms with Gasteiger partial charge in [-0.15, -0.1) is 23.1 Å². The molecule has 18 heavy (non-hydrogen) atoms. The fourth-order valence-corrected chi connectivity index (χ4v) is 3.11. The summed E-state index contributed by atoms with van der Waals surface area (Å²) >= 11 is 3.53. The van der Waals surface area contributed by atoms with Crippen molar-refractivity contribution < 1.29 is 0 Å². The SMILES string of the molecule is CCSc1ccc(C(N)Cc2csc(C)n2)cc1. The van der Waals surface area contributed by atoms with Crippen LogP contribution >= 0.6 is 23.1 Å². The molecule has 0 saturated carbocycles. The summed E-state index contributed by atoms with van der Waals surface area (Å²) in [4.78, 5) is 5.76. The lowest BCUT2D eigenvalue weighted by Crippen LogP contribution is -2.13. The highest BCUT2D eigenvalue weighted by Crippen LogP contribution is 2.22. The van der Waals surface area contributed by atoms with Crippen molar-refractivity contribution in [1.29, 1.82) is 0 Å². The molecule has 0 aliphatic heterocycles. The minimum atomic E-state index is 0.0344. The Kier molecular flexibility index (Phi) is 4.80. The van der Waals surface area contributed by atoms with Crippen molar-refractivity contribution in [3.8, 4) is 0 Å². The maximum absolute atomic E-state index is 6.22. The molecule has 1 atom stereocenters. The Morgan fingerprint density at radius 3 is 2.61 bits per heavy atom. The third-order valence-corrected chi connectivity index (χ3v) is 4.43. The van der Waals surface area contributed by atoms with Crippen LogP contribution in [0.4, 0.5) is 0 Å². The van der Waals surface area contributed by atoms with Crippen molar-refractivity contribution in [2.75, 3.05) is 5.75 Å². The Bertz CT molecular complexity index is 491. The van der Waals surface area contributed by atoms with Gasteiger partial charge in [-0.2, -0.15) is 0 Å². The Hall–Kier alpha value is -0.840. The van der Waals surface area contributed by atoms with Crippen LogP contribution in [0.3, 0.4) is 0 Å². The van der Waals surface area contributed by atoms with E-state index in [1.807, 2.05) is 18.7 Å². The van der Waals surface area contributed by atoms with E-state index in [0.717, 1.165) is 22.9 Å². The minimum Gasteiger partial charge on any atom is -0.324 e. The first-order chi connectivity index (χ1) is 8.69. The zero-order valence-corrected chi connectivity index (χ0v) is 12.4. The van der Waals surface area contributed by atoms with Gasteiger partial charge in [-0.1, -0.05) is 19.1 Å². The molecule has 1 heterocycles. The lowest BCUT2D eigenvalue weighted by molar-refractivity contribution is 0.708. The molecule has 0 saturated heterocycles. The number of hydrogen-bond acceptors (Lipinski definition) is 4. The predicted octanol–water partition coefficient (Wildman–Crippen LogP) is 3.81. The van der Waals surface area contributed by atoms with Crippen LogP contribution in [0.25, 0.3) is 0 Å². The molecule has 1 aromatic carbocycles. The Balaban J connectivity index is 2.02. The summed E-state index contributed by atoms with van der Waals surface area (Å²) in [6.45, 7) is 4.19. The minimum absolute atomic E-state index is 0.0344. The van der Waals surface area contributed by atoms with Gasteiger partial charge in [0.15, 0.2) is 0 Å². The van der Waals surface area contributed by atoms with E-state index in [1.165, 1.54) is 10.5 Å². The third-order valence-electron chi connectivity index (χ3n) is 2.71. The van der Waals surface area contributed by atoms with E-state index in [-0.39, 0.29) is 6.04 Å². The van der Waals surface area contributed by atoms with Crippen LogP contribution in [0.2, 0.25) is 0 Å². The van der Waals surface area contributed by atoms with Crippen molar-refractivity contribution in [1.82, 2.24) is 4.98 Å². The number of thioether (sulfide) groups is 1. The largest absolute Gasteiger partial charge is 0.324 e. The van der Waals surface area contributed by atoms with E-state index in [1.54, 1.807) is 11.3 Å². The highest BCUT2D eigenvalue weighted by molar-refractivity contribution is 7.99. The van der Waals surface area contributed by atoms with Crippen LogP contribution in [0.1, 0.15) is 29.2 Å². The topological polar surface area (TPSA) is 38.9 Å². The number of thiazole rings is 1. The summed E-state index contributed by atoms with van der Waals surface area (Å²) in [7, 11) is 0. The second kappa shape index (κ2) is 6.36. The fraction of sp³-hybridized carbons (Fsp3) is 0.357. The first-order valence-corrected chi connectivity index (χ1v) is 7.95. The molecular weight excluding hydrogens is 260 g/mol. The lowest BCUT2D eigenvalue weighted by Gasteiger charge is -2.11. The number of benzene rings is 1.